The molecule has 0 saturated heterocycles. The van der Waals surface area contributed by atoms with Crippen LogP contribution in [0.25, 0.3) is 0 Å². The maximum Gasteiger partial charge on any atom is 0.393 e. The third-order valence-corrected chi connectivity index (χ3v) is 3.03. The molecule has 0 aromatic rings. The van der Waals surface area contributed by atoms with Crippen LogP contribution >= 0.6 is 0 Å². The van der Waals surface area contributed by atoms with E-state index >= 15 is 0 Å². The average Bonchev–Trinajstić information content (AvgIpc) is 2.56. The van der Waals surface area contributed by atoms with Gasteiger partial charge in [-0.2, -0.15) is 4.59 Å². The van der Waals surface area contributed by atoms with Gasteiger partial charge in [-0.05, 0) is 34.6 Å². The number of carbonyl (C=O) groups is 2. The van der Waals surface area contributed by atoms with Crippen LogP contribution in [0.3, 0.4) is 0 Å². The zero-order valence-electron chi connectivity index (χ0n) is 10.9. The zero-order valence-corrected chi connectivity index (χ0v) is 10.9. The van der Waals surface area contributed by atoms with Crippen LogP contribution in [0.1, 0.15) is 34.6 Å². The fraction of sp³-hybridized carbons (Fsp3) is 0.583. The van der Waals surface area contributed by atoms with E-state index in [1.54, 1.807) is 0 Å². The Morgan fingerprint density at radius 3 is 2.24 bits per heavy atom. The van der Waals surface area contributed by atoms with Crippen LogP contribution in [-0.2, 0) is 9.59 Å². The lowest BCUT2D eigenvalue weighted by atomic mass is 10.0. The highest BCUT2D eigenvalue weighted by Gasteiger charge is 2.53. The van der Waals surface area contributed by atoms with Crippen LogP contribution in [0, 0.1) is 0 Å². The van der Waals surface area contributed by atoms with Crippen LogP contribution in [0.15, 0.2) is 16.9 Å². The first-order chi connectivity index (χ1) is 7.66. The topological polar surface area (TPSA) is 66.7 Å². The quantitative estimate of drug-likeness (QED) is 0.600. The standard InChI is InChI=1S/C12H18N2O3/c1-8(2)14(12(3,4)5)10(11(16)17)6-9(7-15)13-14/h6-8H,1-5H3/p+1. The lowest BCUT2D eigenvalue weighted by Gasteiger charge is -2.43. The zero-order chi connectivity index (χ0) is 13.4. The Labute approximate surface area is 101 Å². The number of nitrogens with zero attached hydrogens (tertiary/aromatic N) is 2. The van der Waals surface area contributed by atoms with Crippen molar-refractivity contribution < 1.29 is 19.3 Å². The maximum absolute atomic E-state index is 11.4. The highest BCUT2D eigenvalue weighted by atomic mass is 16.4. The number of aliphatic carboxylic acids is 1. The molecule has 0 radical (unpaired) electrons. The molecule has 1 aliphatic heterocycles. The lowest BCUT2D eigenvalue weighted by Crippen LogP contribution is -2.59. The molecule has 1 rings (SSSR count). The molecule has 1 heterocycles. The van der Waals surface area contributed by atoms with Crippen molar-refractivity contribution in [1.29, 1.82) is 0 Å². The second-order valence-corrected chi connectivity index (χ2v) is 5.43. The number of rotatable bonds is 3. The molecule has 1 aliphatic rings. The lowest BCUT2D eigenvalue weighted by molar-refractivity contribution is -0.956. The maximum atomic E-state index is 11.4. The predicted octanol–water partition coefficient (Wildman–Crippen LogP) is 1.55. The number of allylic oxidation sites excluding steroid dienone is 1. The largest absolute Gasteiger partial charge is 0.474 e. The molecule has 5 nitrogen and oxygen atoms in total. The Balaban J connectivity index is 3.50. The molecule has 0 amide bonds. The molecule has 1 unspecified atom stereocenters. The molecular weight excluding hydrogens is 220 g/mol. The molecular formula is C12H19N2O3+. The number of carboxylic acid groups (broad SMARTS) is 1. The Morgan fingerprint density at radius 1 is 1.47 bits per heavy atom. The van der Waals surface area contributed by atoms with Gasteiger partial charge in [-0.25, -0.2) is 4.79 Å². The van der Waals surface area contributed by atoms with E-state index in [2.05, 4.69) is 5.10 Å². The summed E-state index contributed by atoms with van der Waals surface area (Å²) in [5, 5.41) is 13.6. The summed E-state index contributed by atoms with van der Waals surface area (Å²) in [5.41, 5.74) is -0.0935. The molecule has 1 N–H and O–H groups in total. The van der Waals surface area contributed by atoms with Crippen molar-refractivity contribution in [1.82, 2.24) is 0 Å². The van der Waals surface area contributed by atoms with E-state index in [0.29, 0.717) is 6.29 Å². The van der Waals surface area contributed by atoms with Crippen molar-refractivity contribution in [2.75, 3.05) is 0 Å². The van der Waals surface area contributed by atoms with Gasteiger partial charge >= 0.3 is 5.97 Å². The molecule has 0 fully saturated rings. The molecule has 94 valence electrons. The van der Waals surface area contributed by atoms with Gasteiger partial charge in [0.15, 0.2) is 12.0 Å². The van der Waals surface area contributed by atoms with Gasteiger partial charge in [-0.3, -0.25) is 4.79 Å². The third-order valence-electron chi connectivity index (χ3n) is 3.03. The molecule has 0 aliphatic carbocycles. The third kappa shape index (κ3) is 1.91. The number of carbonyl (C=O) groups excluding carboxylic acids is 1. The highest BCUT2D eigenvalue weighted by Crippen LogP contribution is 2.38. The minimum atomic E-state index is -1.03. The van der Waals surface area contributed by atoms with Crippen molar-refractivity contribution in [2.24, 2.45) is 5.10 Å². The molecule has 17 heavy (non-hydrogen) atoms. The summed E-state index contributed by atoms with van der Waals surface area (Å²) in [4.78, 5) is 22.2. The van der Waals surface area contributed by atoms with Crippen LogP contribution in [0.5, 0.6) is 0 Å². The molecule has 0 aromatic heterocycles. The molecule has 0 bridgehead atoms. The smallest absolute Gasteiger partial charge is 0.393 e. The second-order valence-electron chi connectivity index (χ2n) is 5.43. The second kappa shape index (κ2) is 4.07. The summed E-state index contributed by atoms with van der Waals surface area (Å²) in [6.07, 6.45) is 1.96. The first-order valence-corrected chi connectivity index (χ1v) is 5.56. The van der Waals surface area contributed by atoms with Gasteiger partial charge in [0.25, 0.3) is 0 Å². The Morgan fingerprint density at radius 2 is 2.00 bits per heavy atom. The highest BCUT2D eigenvalue weighted by molar-refractivity contribution is 6.35. The van der Waals surface area contributed by atoms with Crippen LogP contribution < -0.4 is 0 Å². The van der Waals surface area contributed by atoms with Crippen LogP contribution in [-0.4, -0.2) is 39.2 Å². The Hall–Kier alpha value is -1.49. The summed E-state index contributed by atoms with van der Waals surface area (Å²) in [6, 6.07) is -0.0604. The van der Waals surface area contributed by atoms with E-state index < -0.39 is 11.5 Å². The molecule has 1 atom stereocenters. The fourth-order valence-electron chi connectivity index (χ4n) is 2.45. The Bertz CT molecular complexity index is 416. The number of aldehydes is 1. The summed E-state index contributed by atoms with van der Waals surface area (Å²) >= 11 is 0. The minimum Gasteiger partial charge on any atom is -0.474 e. The van der Waals surface area contributed by atoms with E-state index in [1.165, 1.54) is 6.08 Å². The summed E-state index contributed by atoms with van der Waals surface area (Å²) in [5.74, 6) is -1.03. The normalized spacial score (nSPS) is 24.6. The average molecular weight is 239 g/mol. The minimum absolute atomic E-state index is 0.0591. The monoisotopic (exact) mass is 239 g/mol. The summed E-state index contributed by atoms with van der Waals surface area (Å²) in [6.45, 7) is 9.56. The van der Waals surface area contributed by atoms with E-state index in [9.17, 15) is 14.7 Å². The van der Waals surface area contributed by atoms with Gasteiger partial charge in [-0.15, -0.1) is 0 Å². The molecule has 0 saturated carbocycles. The number of quaternary nitrogens is 1. The van der Waals surface area contributed by atoms with Gasteiger partial charge in [0.2, 0.25) is 5.70 Å². The Kier molecular flexibility index (Phi) is 3.25. The van der Waals surface area contributed by atoms with E-state index in [-0.39, 0.29) is 22.0 Å². The van der Waals surface area contributed by atoms with Gasteiger partial charge in [0, 0.05) is 6.08 Å². The van der Waals surface area contributed by atoms with Crippen LogP contribution in [0.2, 0.25) is 0 Å². The predicted molar refractivity (Wildman–Crippen MR) is 64.4 cm³/mol. The fourth-order valence-corrected chi connectivity index (χ4v) is 2.45. The number of hydrogen-bond acceptors (Lipinski definition) is 3. The number of carboxylic acids is 1. The van der Waals surface area contributed by atoms with E-state index in [0.717, 1.165) is 0 Å². The number of hydrogen-bond donors (Lipinski definition) is 1. The first-order valence-electron chi connectivity index (χ1n) is 5.56. The summed E-state index contributed by atoms with van der Waals surface area (Å²) < 4.78 is -0.0591. The van der Waals surface area contributed by atoms with Crippen molar-refractivity contribution >= 4 is 18.0 Å². The SMILES string of the molecule is CC(C)[N+]1(C(C)(C)C)N=C(C=O)C=C1C(=O)O. The van der Waals surface area contributed by atoms with Crippen molar-refractivity contribution in [2.45, 2.75) is 46.2 Å². The van der Waals surface area contributed by atoms with E-state index in [1.807, 2.05) is 34.6 Å². The van der Waals surface area contributed by atoms with Crippen molar-refractivity contribution in [3.05, 3.63) is 11.8 Å². The van der Waals surface area contributed by atoms with Crippen molar-refractivity contribution in [3.63, 3.8) is 0 Å². The molecule has 0 spiro atoms. The van der Waals surface area contributed by atoms with Crippen LogP contribution in [0.4, 0.5) is 0 Å². The summed E-state index contributed by atoms with van der Waals surface area (Å²) in [7, 11) is 0. The van der Waals surface area contributed by atoms with Gasteiger partial charge in [0.05, 0.1) is 0 Å². The van der Waals surface area contributed by atoms with Gasteiger partial charge in [-0.1, -0.05) is 5.10 Å². The first kappa shape index (κ1) is 13.6. The van der Waals surface area contributed by atoms with E-state index in [4.69, 9.17) is 0 Å². The van der Waals surface area contributed by atoms with Gasteiger partial charge in [0.1, 0.15) is 11.6 Å². The molecule has 0 aromatic carbocycles. The van der Waals surface area contributed by atoms with Gasteiger partial charge < -0.3 is 5.11 Å². The van der Waals surface area contributed by atoms with Crippen molar-refractivity contribution in [3.8, 4) is 0 Å². The molecule has 5 heteroatoms.